The zero-order chi connectivity index (χ0) is 23.5. The Kier molecular flexibility index (Phi) is 7.37. The lowest BCUT2D eigenvalue weighted by Gasteiger charge is -2.33. The number of benzene rings is 1. The van der Waals surface area contributed by atoms with Gasteiger partial charge in [-0.25, -0.2) is 9.18 Å². The van der Waals surface area contributed by atoms with Gasteiger partial charge >= 0.3 is 12.3 Å². The maximum atomic E-state index is 14.1. The molecule has 1 saturated heterocycles. The molecule has 2 heterocycles. The fourth-order valence-electron chi connectivity index (χ4n) is 3.44. The molecular weight excluding hydrogens is 444 g/mol. The highest BCUT2D eigenvalue weighted by atomic mass is 32.2. The molecule has 4 nitrogen and oxygen atoms in total. The van der Waals surface area contributed by atoms with Crippen LogP contribution in [0.15, 0.2) is 41.3 Å². The van der Waals surface area contributed by atoms with Crippen LogP contribution in [-0.4, -0.2) is 34.7 Å². The molecule has 1 aliphatic heterocycles. The maximum Gasteiger partial charge on any atom is 0.416 e. The summed E-state index contributed by atoms with van der Waals surface area (Å²) >= 11 is 1.11. The molecule has 1 aromatic heterocycles. The number of likely N-dealkylation sites (tertiary alicyclic amines) is 1. The Hall–Kier alpha value is -2.29. The van der Waals surface area contributed by atoms with Gasteiger partial charge in [-0.15, -0.1) is 11.8 Å². The van der Waals surface area contributed by atoms with Crippen molar-refractivity contribution in [1.82, 2.24) is 9.88 Å². The maximum absolute atomic E-state index is 14.1. The number of halogens is 4. The Balaban J connectivity index is 1.58. The molecule has 0 spiro atoms. The molecular formula is C23H26F4N2O2S. The third-order valence-corrected chi connectivity index (χ3v) is 6.11. The number of amides is 1. The van der Waals surface area contributed by atoms with Crippen LogP contribution in [0.4, 0.5) is 22.4 Å². The molecule has 1 aromatic carbocycles. The monoisotopic (exact) mass is 470 g/mol. The van der Waals surface area contributed by atoms with Gasteiger partial charge in [0.2, 0.25) is 0 Å². The highest BCUT2D eigenvalue weighted by Gasteiger charge is 2.31. The van der Waals surface area contributed by atoms with Gasteiger partial charge in [0, 0.05) is 35.3 Å². The number of hydrogen-bond acceptors (Lipinski definition) is 4. The van der Waals surface area contributed by atoms with Gasteiger partial charge in [0.05, 0.1) is 11.3 Å². The third kappa shape index (κ3) is 6.60. The topological polar surface area (TPSA) is 42.4 Å². The first-order valence-corrected chi connectivity index (χ1v) is 11.3. The quantitative estimate of drug-likeness (QED) is 0.371. The molecule has 1 amide bonds. The van der Waals surface area contributed by atoms with E-state index in [0.717, 1.165) is 48.1 Å². The summed E-state index contributed by atoms with van der Waals surface area (Å²) in [6.45, 7) is 6.67. The summed E-state index contributed by atoms with van der Waals surface area (Å²) in [5, 5.41) is 0. The molecule has 0 bridgehead atoms. The van der Waals surface area contributed by atoms with Gasteiger partial charge in [0.1, 0.15) is 11.4 Å². The van der Waals surface area contributed by atoms with E-state index in [1.165, 1.54) is 0 Å². The van der Waals surface area contributed by atoms with Gasteiger partial charge < -0.3 is 9.64 Å². The molecule has 0 radical (unpaired) electrons. The van der Waals surface area contributed by atoms with Crippen LogP contribution < -0.4 is 0 Å². The first-order chi connectivity index (χ1) is 14.9. The number of pyridine rings is 1. The Bertz CT molecular complexity index is 952. The largest absolute Gasteiger partial charge is 0.444 e. The number of carbonyl (C=O) groups excluding carboxylic acids is 1. The molecule has 174 valence electrons. The van der Waals surface area contributed by atoms with Gasteiger partial charge in [-0.1, -0.05) is 6.07 Å². The molecule has 0 unspecified atom stereocenters. The number of thioether (sulfide) groups is 1. The Morgan fingerprint density at radius 1 is 1.16 bits per heavy atom. The van der Waals surface area contributed by atoms with Crippen molar-refractivity contribution in [3.8, 4) is 0 Å². The molecule has 0 saturated carbocycles. The molecule has 0 aliphatic carbocycles. The van der Waals surface area contributed by atoms with Gasteiger partial charge in [0.15, 0.2) is 0 Å². The van der Waals surface area contributed by atoms with Gasteiger partial charge in [-0.2, -0.15) is 13.2 Å². The number of carbonyl (C=O) groups is 1. The number of alkyl halides is 3. The van der Waals surface area contributed by atoms with E-state index in [1.54, 1.807) is 4.90 Å². The van der Waals surface area contributed by atoms with E-state index in [9.17, 15) is 22.4 Å². The van der Waals surface area contributed by atoms with E-state index in [1.807, 2.05) is 39.0 Å². The number of aromatic nitrogens is 1. The summed E-state index contributed by atoms with van der Waals surface area (Å²) < 4.78 is 57.6. The van der Waals surface area contributed by atoms with E-state index in [0.29, 0.717) is 24.9 Å². The van der Waals surface area contributed by atoms with E-state index >= 15 is 0 Å². The molecule has 32 heavy (non-hydrogen) atoms. The molecule has 1 fully saturated rings. The molecule has 9 heteroatoms. The highest BCUT2D eigenvalue weighted by molar-refractivity contribution is 7.98. The van der Waals surface area contributed by atoms with Crippen molar-refractivity contribution < 1.29 is 27.1 Å². The summed E-state index contributed by atoms with van der Waals surface area (Å²) in [7, 11) is 0. The molecule has 0 N–H and O–H groups in total. The zero-order valence-electron chi connectivity index (χ0n) is 18.2. The van der Waals surface area contributed by atoms with Crippen LogP contribution in [0.1, 0.15) is 56.5 Å². The van der Waals surface area contributed by atoms with Crippen molar-refractivity contribution in [3.05, 3.63) is 59.2 Å². The van der Waals surface area contributed by atoms with Crippen LogP contribution in [-0.2, 0) is 16.7 Å². The standard InChI is InChI=1S/C23H26F4N2O2S/c1-22(2,3)31-21(30)29-11-9-15(10-12-29)19-6-4-5-17(28-19)14-32-20-8-7-16(13-18(20)24)23(25,26)27/h4-8,13,15H,9-12,14H2,1-3H3. The number of ether oxygens (including phenoxy) is 1. The number of hydrogen-bond donors (Lipinski definition) is 0. The Labute approximate surface area is 189 Å². The molecule has 0 atom stereocenters. The van der Waals surface area contributed by atoms with Crippen molar-refractivity contribution in [2.45, 2.75) is 62.0 Å². The minimum atomic E-state index is -4.57. The number of piperidine rings is 1. The summed E-state index contributed by atoms with van der Waals surface area (Å²) in [5.74, 6) is -0.357. The second kappa shape index (κ2) is 9.68. The van der Waals surface area contributed by atoms with Crippen molar-refractivity contribution >= 4 is 17.9 Å². The molecule has 2 aromatic rings. The second-order valence-corrected chi connectivity index (χ2v) is 9.74. The average Bonchev–Trinajstić information content (AvgIpc) is 2.71. The smallest absolute Gasteiger partial charge is 0.416 e. The van der Waals surface area contributed by atoms with Crippen molar-refractivity contribution in [2.24, 2.45) is 0 Å². The van der Waals surface area contributed by atoms with Crippen molar-refractivity contribution in [3.63, 3.8) is 0 Å². The van der Waals surface area contributed by atoms with E-state index in [4.69, 9.17) is 4.74 Å². The van der Waals surface area contributed by atoms with Gasteiger partial charge in [-0.05, 0) is 63.9 Å². The van der Waals surface area contributed by atoms with Crippen LogP contribution in [0.3, 0.4) is 0 Å². The first-order valence-electron chi connectivity index (χ1n) is 10.4. The lowest BCUT2D eigenvalue weighted by Crippen LogP contribution is -2.41. The summed E-state index contributed by atoms with van der Waals surface area (Å²) in [4.78, 5) is 18.7. The average molecular weight is 471 g/mol. The minimum absolute atomic E-state index is 0.149. The Morgan fingerprint density at radius 2 is 1.84 bits per heavy atom. The van der Waals surface area contributed by atoms with Crippen molar-refractivity contribution in [2.75, 3.05) is 13.1 Å². The zero-order valence-corrected chi connectivity index (χ0v) is 19.0. The van der Waals surface area contributed by atoms with Crippen LogP contribution in [0.25, 0.3) is 0 Å². The van der Waals surface area contributed by atoms with E-state index < -0.39 is 23.2 Å². The fraction of sp³-hybridized carbons (Fsp3) is 0.478. The van der Waals surface area contributed by atoms with Crippen LogP contribution in [0.2, 0.25) is 0 Å². The number of rotatable bonds is 4. The van der Waals surface area contributed by atoms with E-state index in [-0.39, 0.29) is 16.9 Å². The molecule has 3 rings (SSSR count). The summed E-state index contributed by atoms with van der Waals surface area (Å²) in [6, 6.07) is 8.17. The van der Waals surface area contributed by atoms with Crippen LogP contribution in [0.5, 0.6) is 0 Å². The third-order valence-electron chi connectivity index (χ3n) is 5.03. The molecule has 1 aliphatic rings. The van der Waals surface area contributed by atoms with Crippen LogP contribution >= 0.6 is 11.8 Å². The minimum Gasteiger partial charge on any atom is -0.444 e. The first kappa shape index (κ1) is 24.4. The predicted molar refractivity (Wildman–Crippen MR) is 115 cm³/mol. The number of nitrogens with zero attached hydrogens (tertiary/aromatic N) is 2. The summed E-state index contributed by atoms with van der Waals surface area (Å²) in [5.41, 5.74) is 0.0898. The predicted octanol–water partition coefficient (Wildman–Crippen LogP) is 6.65. The van der Waals surface area contributed by atoms with Crippen LogP contribution in [0, 0.1) is 5.82 Å². The lowest BCUT2D eigenvalue weighted by molar-refractivity contribution is -0.137. The normalized spacial score (nSPS) is 15.7. The SMILES string of the molecule is CC(C)(C)OC(=O)N1CCC(c2cccc(CSc3ccc(C(F)(F)F)cc3F)n2)CC1. The highest BCUT2D eigenvalue weighted by Crippen LogP contribution is 2.34. The fourth-order valence-corrected chi connectivity index (χ4v) is 4.26. The van der Waals surface area contributed by atoms with Crippen molar-refractivity contribution in [1.29, 1.82) is 0 Å². The summed E-state index contributed by atoms with van der Waals surface area (Å²) in [6.07, 6.45) is -3.36. The van der Waals surface area contributed by atoms with E-state index in [2.05, 4.69) is 4.98 Å². The Morgan fingerprint density at radius 3 is 2.44 bits per heavy atom. The van der Waals surface area contributed by atoms with Gasteiger partial charge in [0.25, 0.3) is 0 Å². The second-order valence-electron chi connectivity index (χ2n) is 8.73. The lowest BCUT2D eigenvalue weighted by atomic mass is 9.93. The van der Waals surface area contributed by atoms with Gasteiger partial charge in [-0.3, -0.25) is 4.98 Å².